The summed E-state index contributed by atoms with van der Waals surface area (Å²) in [5.41, 5.74) is 1.14. The lowest BCUT2D eigenvalue weighted by molar-refractivity contribution is 0.475. The first kappa shape index (κ1) is 11.9. The third-order valence-electron chi connectivity index (χ3n) is 2.53. The van der Waals surface area contributed by atoms with Crippen molar-refractivity contribution in [1.82, 2.24) is 10.2 Å². The highest BCUT2D eigenvalue weighted by molar-refractivity contribution is 7.15. The van der Waals surface area contributed by atoms with Crippen molar-refractivity contribution in [2.24, 2.45) is 0 Å². The summed E-state index contributed by atoms with van der Waals surface area (Å²) in [6.45, 7) is 4.04. The predicted molar refractivity (Wildman–Crippen MR) is 69.4 cm³/mol. The van der Waals surface area contributed by atoms with Gasteiger partial charge in [0.05, 0.1) is 6.04 Å². The van der Waals surface area contributed by atoms with Crippen molar-refractivity contribution >= 4 is 16.5 Å². The minimum absolute atomic E-state index is 0.197. The maximum Gasteiger partial charge on any atom is 0.206 e. The Hall–Kier alpha value is -1.62. The fourth-order valence-electron chi connectivity index (χ4n) is 1.63. The lowest BCUT2D eigenvalue weighted by Gasteiger charge is -2.16. The largest absolute Gasteiger partial charge is 0.508 e. The molecule has 0 spiro atoms. The van der Waals surface area contributed by atoms with Gasteiger partial charge in [-0.25, -0.2) is 0 Å². The van der Waals surface area contributed by atoms with Gasteiger partial charge in [-0.05, 0) is 31.0 Å². The number of phenols is 1. The van der Waals surface area contributed by atoms with Crippen LogP contribution in [0.5, 0.6) is 5.75 Å². The van der Waals surface area contributed by atoms with Crippen LogP contribution >= 0.6 is 11.3 Å². The van der Waals surface area contributed by atoms with Gasteiger partial charge >= 0.3 is 0 Å². The van der Waals surface area contributed by atoms with E-state index in [4.69, 9.17) is 0 Å². The average Bonchev–Trinajstić information content (AvgIpc) is 2.73. The highest BCUT2D eigenvalue weighted by Gasteiger charge is 2.11. The number of hydrogen-bond donors (Lipinski definition) is 2. The van der Waals surface area contributed by atoms with Crippen molar-refractivity contribution in [2.45, 2.75) is 26.3 Å². The van der Waals surface area contributed by atoms with E-state index in [1.165, 1.54) is 0 Å². The molecule has 1 unspecified atom stereocenters. The molecule has 1 aromatic carbocycles. The predicted octanol–water partition coefficient (Wildman–Crippen LogP) is 3.12. The van der Waals surface area contributed by atoms with E-state index < -0.39 is 0 Å². The molecule has 1 atom stereocenters. The highest BCUT2D eigenvalue weighted by atomic mass is 32.1. The number of benzene rings is 1. The summed E-state index contributed by atoms with van der Waals surface area (Å²) in [6.07, 6.45) is 0.948. The Bertz CT molecular complexity index is 481. The van der Waals surface area contributed by atoms with E-state index >= 15 is 0 Å². The van der Waals surface area contributed by atoms with Crippen LogP contribution in [0.15, 0.2) is 24.3 Å². The van der Waals surface area contributed by atoms with Gasteiger partial charge < -0.3 is 10.4 Å². The fraction of sp³-hybridized carbons (Fsp3) is 0.333. The smallest absolute Gasteiger partial charge is 0.206 e. The van der Waals surface area contributed by atoms with E-state index in [1.807, 2.05) is 19.1 Å². The monoisotopic (exact) mass is 249 g/mol. The number of hydrogen-bond acceptors (Lipinski definition) is 5. The van der Waals surface area contributed by atoms with Crippen molar-refractivity contribution in [1.29, 1.82) is 0 Å². The minimum Gasteiger partial charge on any atom is -0.508 e. The molecule has 0 bridgehead atoms. The summed E-state index contributed by atoms with van der Waals surface area (Å²) in [7, 11) is 0. The van der Waals surface area contributed by atoms with E-state index in [0.717, 1.165) is 22.1 Å². The van der Waals surface area contributed by atoms with Crippen LogP contribution in [-0.2, 0) is 0 Å². The Kier molecular flexibility index (Phi) is 3.58. The second-order valence-corrected chi connectivity index (χ2v) is 5.00. The summed E-state index contributed by atoms with van der Waals surface area (Å²) >= 11 is 1.55. The number of aromatic nitrogens is 2. The molecule has 90 valence electrons. The molecule has 0 saturated carbocycles. The third-order valence-corrected chi connectivity index (χ3v) is 3.30. The maximum atomic E-state index is 9.26. The number of phenolic OH excluding ortho intramolecular Hbond substituents is 1. The topological polar surface area (TPSA) is 58.0 Å². The zero-order valence-electron chi connectivity index (χ0n) is 9.84. The fourth-order valence-corrected chi connectivity index (χ4v) is 2.28. The van der Waals surface area contributed by atoms with Gasteiger partial charge in [-0.3, -0.25) is 0 Å². The van der Waals surface area contributed by atoms with Crippen molar-refractivity contribution in [3.05, 3.63) is 34.8 Å². The van der Waals surface area contributed by atoms with E-state index in [9.17, 15) is 5.11 Å². The maximum absolute atomic E-state index is 9.26. The van der Waals surface area contributed by atoms with Gasteiger partial charge in [0.2, 0.25) is 5.13 Å². The summed E-state index contributed by atoms with van der Waals surface area (Å²) in [4.78, 5) is 0. The van der Waals surface area contributed by atoms with Gasteiger partial charge in [-0.1, -0.05) is 30.4 Å². The van der Waals surface area contributed by atoms with Gasteiger partial charge in [0, 0.05) is 0 Å². The number of nitrogens with zero attached hydrogens (tertiary/aromatic N) is 2. The molecule has 1 heterocycles. The van der Waals surface area contributed by atoms with Crippen LogP contribution in [0, 0.1) is 6.92 Å². The molecular weight excluding hydrogens is 234 g/mol. The van der Waals surface area contributed by atoms with Crippen LogP contribution in [0.3, 0.4) is 0 Å². The molecule has 1 aromatic heterocycles. The molecule has 0 aliphatic rings. The SMILES string of the molecule is CCC(Nc1nnc(C)s1)c1ccc(O)cc1. The van der Waals surface area contributed by atoms with Crippen molar-refractivity contribution in [3.63, 3.8) is 0 Å². The van der Waals surface area contributed by atoms with Crippen LogP contribution < -0.4 is 5.32 Å². The van der Waals surface area contributed by atoms with Crippen molar-refractivity contribution in [2.75, 3.05) is 5.32 Å². The first-order valence-corrected chi connectivity index (χ1v) is 6.36. The Morgan fingerprint density at radius 3 is 2.53 bits per heavy atom. The van der Waals surface area contributed by atoms with E-state index in [0.29, 0.717) is 0 Å². The molecule has 17 heavy (non-hydrogen) atoms. The number of rotatable bonds is 4. The third kappa shape index (κ3) is 2.94. The summed E-state index contributed by atoms with van der Waals surface area (Å²) < 4.78 is 0. The summed E-state index contributed by atoms with van der Waals surface area (Å²) in [6, 6.07) is 7.44. The minimum atomic E-state index is 0.197. The quantitative estimate of drug-likeness (QED) is 0.874. The average molecular weight is 249 g/mol. The molecule has 4 nitrogen and oxygen atoms in total. The second-order valence-electron chi connectivity index (χ2n) is 3.82. The van der Waals surface area contributed by atoms with Crippen molar-refractivity contribution < 1.29 is 5.11 Å². The first-order valence-electron chi connectivity index (χ1n) is 5.54. The lowest BCUT2D eigenvalue weighted by Crippen LogP contribution is -2.09. The Labute approximate surface area is 104 Å². The van der Waals surface area contributed by atoms with Crippen LogP contribution in [0.25, 0.3) is 0 Å². The van der Waals surface area contributed by atoms with Gasteiger partial charge in [0.25, 0.3) is 0 Å². The Morgan fingerprint density at radius 2 is 2.00 bits per heavy atom. The van der Waals surface area contributed by atoms with Crippen LogP contribution in [-0.4, -0.2) is 15.3 Å². The lowest BCUT2D eigenvalue weighted by atomic mass is 10.0. The molecule has 5 heteroatoms. The number of aromatic hydroxyl groups is 1. The molecule has 0 aliphatic carbocycles. The molecule has 2 rings (SSSR count). The normalized spacial score (nSPS) is 12.4. The van der Waals surface area contributed by atoms with Gasteiger partial charge in [0.1, 0.15) is 10.8 Å². The van der Waals surface area contributed by atoms with E-state index in [2.05, 4.69) is 22.4 Å². The van der Waals surface area contributed by atoms with Gasteiger partial charge in [-0.15, -0.1) is 10.2 Å². The molecule has 0 aliphatic heterocycles. The first-order chi connectivity index (χ1) is 8.19. The molecule has 0 amide bonds. The van der Waals surface area contributed by atoms with Crippen LogP contribution in [0.2, 0.25) is 0 Å². The van der Waals surface area contributed by atoms with Gasteiger partial charge in [-0.2, -0.15) is 0 Å². The molecule has 0 fully saturated rings. The van der Waals surface area contributed by atoms with Crippen molar-refractivity contribution in [3.8, 4) is 5.75 Å². The molecule has 0 saturated heterocycles. The zero-order chi connectivity index (χ0) is 12.3. The summed E-state index contributed by atoms with van der Waals surface area (Å²) in [5, 5.41) is 22.4. The molecule has 0 radical (unpaired) electrons. The van der Waals surface area contributed by atoms with E-state index in [-0.39, 0.29) is 11.8 Å². The zero-order valence-corrected chi connectivity index (χ0v) is 10.7. The highest BCUT2D eigenvalue weighted by Crippen LogP contribution is 2.25. The standard InChI is InChI=1S/C12H15N3OS/c1-3-11(9-4-6-10(16)7-5-9)13-12-15-14-8(2)17-12/h4-7,11,16H,3H2,1-2H3,(H,13,15). The van der Waals surface area contributed by atoms with Crippen LogP contribution in [0.4, 0.5) is 5.13 Å². The number of nitrogens with one attached hydrogen (secondary N) is 1. The van der Waals surface area contributed by atoms with E-state index in [1.54, 1.807) is 23.5 Å². The van der Waals surface area contributed by atoms with Crippen LogP contribution in [0.1, 0.15) is 30.0 Å². The Balaban J connectivity index is 2.13. The molecular formula is C12H15N3OS. The second kappa shape index (κ2) is 5.14. The summed E-state index contributed by atoms with van der Waals surface area (Å²) in [5.74, 6) is 0.287. The molecule has 2 N–H and O–H groups in total. The number of aryl methyl sites for hydroxylation is 1. The number of anilines is 1. The van der Waals surface area contributed by atoms with Gasteiger partial charge in [0.15, 0.2) is 0 Å². The Morgan fingerprint density at radius 1 is 1.29 bits per heavy atom. The molecule has 2 aromatic rings.